The van der Waals surface area contributed by atoms with Crippen LogP contribution in [-0.4, -0.2) is 18.9 Å². The third-order valence-corrected chi connectivity index (χ3v) is 2.61. The second-order valence-corrected chi connectivity index (χ2v) is 3.78. The second-order valence-electron chi connectivity index (χ2n) is 3.78. The summed E-state index contributed by atoms with van der Waals surface area (Å²) in [4.78, 5) is 22.7. The number of methoxy groups -OCH3 is 1. The summed E-state index contributed by atoms with van der Waals surface area (Å²) >= 11 is 0. The first-order chi connectivity index (χ1) is 6.15. The Hall–Kier alpha value is -0.860. The van der Waals surface area contributed by atoms with E-state index in [1.807, 2.05) is 0 Å². The van der Waals surface area contributed by atoms with Crippen molar-refractivity contribution < 1.29 is 14.3 Å². The maximum atomic E-state index is 11.5. The van der Waals surface area contributed by atoms with E-state index in [0.29, 0.717) is 18.8 Å². The Morgan fingerprint density at radius 1 is 1.46 bits per heavy atom. The summed E-state index contributed by atoms with van der Waals surface area (Å²) < 4.78 is 4.59. The lowest BCUT2D eigenvalue weighted by atomic mass is 9.98. The fourth-order valence-corrected chi connectivity index (χ4v) is 1.81. The molecule has 13 heavy (non-hydrogen) atoms. The average molecular weight is 184 g/mol. The van der Waals surface area contributed by atoms with Gasteiger partial charge in [0.05, 0.1) is 7.11 Å². The van der Waals surface area contributed by atoms with Crippen LogP contribution in [0.3, 0.4) is 0 Å². The molecule has 0 aliphatic heterocycles. The zero-order valence-corrected chi connectivity index (χ0v) is 8.21. The summed E-state index contributed by atoms with van der Waals surface area (Å²) in [6.45, 7) is 2.05. The van der Waals surface area contributed by atoms with Crippen molar-refractivity contribution in [1.82, 2.24) is 0 Å². The van der Waals surface area contributed by atoms with Gasteiger partial charge in [0.1, 0.15) is 11.7 Å². The highest BCUT2D eigenvalue weighted by Gasteiger charge is 2.30. The van der Waals surface area contributed by atoms with E-state index in [9.17, 15) is 9.59 Å². The zero-order valence-electron chi connectivity index (χ0n) is 8.21. The lowest BCUT2D eigenvalue weighted by molar-refractivity contribution is -0.149. The second kappa shape index (κ2) is 4.40. The van der Waals surface area contributed by atoms with Gasteiger partial charge in [-0.1, -0.05) is 19.8 Å². The SMILES string of the molecule is COC(=O)C1CCCC(C)CC1=O. The molecule has 3 nitrogen and oxygen atoms in total. The first-order valence-electron chi connectivity index (χ1n) is 4.75. The van der Waals surface area contributed by atoms with E-state index in [1.165, 1.54) is 7.11 Å². The lowest BCUT2D eigenvalue weighted by Crippen LogP contribution is -2.24. The Morgan fingerprint density at radius 3 is 2.77 bits per heavy atom. The third-order valence-electron chi connectivity index (χ3n) is 2.61. The molecular weight excluding hydrogens is 168 g/mol. The van der Waals surface area contributed by atoms with Crippen LogP contribution >= 0.6 is 0 Å². The number of carbonyl (C=O) groups excluding carboxylic acids is 2. The number of ether oxygens (including phenoxy) is 1. The van der Waals surface area contributed by atoms with Gasteiger partial charge < -0.3 is 4.74 Å². The molecule has 74 valence electrons. The van der Waals surface area contributed by atoms with Crippen molar-refractivity contribution in [1.29, 1.82) is 0 Å². The highest BCUT2D eigenvalue weighted by atomic mass is 16.5. The quantitative estimate of drug-likeness (QED) is 0.353. The fraction of sp³-hybridized carbons (Fsp3) is 0.800. The Bertz CT molecular complexity index is 210. The minimum absolute atomic E-state index is 0.0526. The van der Waals surface area contributed by atoms with Crippen LogP contribution < -0.4 is 0 Å². The van der Waals surface area contributed by atoms with Gasteiger partial charge >= 0.3 is 5.97 Å². The van der Waals surface area contributed by atoms with Crippen LogP contribution in [-0.2, 0) is 14.3 Å². The van der Waals surface area contributed by atoms with Crippen LogP contribution in [0, 0.1) is 11.8 Å². The van der Waals surface area contributed by atoms with Gasteiger partial charge in [0.2, 0.25) is 0 Å². The fourth-order valence-electron chi connectivity index (χ4n) is 1.81. The summed E-state index contributed by atoms with van der Waals surface area (Å²) in [5.41, 5.74) is 0. The molecule has 0 N–H and O–H groups in total. The van der Waals surface area contributed by atoms with Crippen molar-refractivity contribution in [2.45, 2.75) is 32.6 Å². The standard InChI is InChI=1S/C10H16O3/c1-7-4-3-5-8(9(11)6-7)10(12)13-2/h7-8H,3-6H2,1-2H3. The van der Waals surface area contributed by atoms with Gasteiger partial charge in [-0.3, -0.25) is 9.59 Å². The minimum atomic E-state index is -0.491. The molecule has 0 radical (unpaired) electrons. The summed E-state index contributed by atoms with van der Waals surface area (Å²) in [7, 11) is 1.34. The van der Waals surface area contributed by atoms with Gasteiger partial charge in [0, 0.05) is 6.42 Å². The van der Waals surface area contributed by atoms with Gasteiger partial charge in [-0.15, -0.1) is 0 Å². The van der Waals surface area contributed by atoms with E-state index in [4.69, 9.17) is 0 Å². The van der Waals surface area contributed by atoms with E-state index in [-0.39, 0.29) is 11.8 Å². The summed E-state index contributed by atoms with van der Waals surface area (Å²) in [5, 5.41) is 0. The monoisotopic (exact) mass is 184 g/mol. The summed E-state index contributed by atoms with van der Waals surface area (Å²) in [6, 6.07) is 0. The third kappa shape index (κ3) is 2.54. The molecule has 1 fully saturated rings. The predicted octanol–water partition coefficient (Wildman–Crippen LogP) is 1.55. The number of Topliss-reactive ketones (excluding diaryl/α,β-unsaturated/α-hetero) is 1. The number of hydrogen-bond acceptors (Lipinski definition) is 3. The summed E-state index contributed by atoms with van der Waals surface area (Å²) in [6.07, 6.45) is 3.18. The number of esters is 1. The topological polar surface area (TPSA) is 43.4 Å². The minimum Gasteiger partial charge on any atom is -0.468 e. The maximum Gasteiger partial charge on any atom is 0.316 e. The van der Waals surface area contributed by atoms with Crippen LogP contribution in [0.4, 0.5) is 0 Å². The molecule has 0 bridgehead atoms. The lowest BCUT2D eigenvalue weighted by Gasteiger charge is -2.09. The molecule has 1 aliphatic carbocycles. The molecule has 0 saturated heterocycles. The smallest absolute Gasteiger partial charge is 0.316 e. The van der Waals surface area contributed by atoms with Gasteiger partial charge in [-0.25, -0.2) is 0 Å². The molecular formula is C10H16O3. The predicted molar refractivity (Wildman–Crippen MR) is 48.1 cm³/mol. The summed E-state index contributed by atoms with van der Waals surface area (Å²) in [5.74, 6) is -0.381. The molecule has 1 saturated carbocycles. The molecule has 1 rings (SSSR count). The molecule has 0 amide bonds. The molecule has 0 heterocycles. The maximum absolute atomic E-state index is 11.5. The van der Waals surface area contributed by atoms with Crippen molar-refractivity contribution in [3.05, 3.63) is 0 Å². The van der Waals surface area contributed by atoms with Crippen molar-refractivity contribution in [2.24, 2.45) is 11.8 Å². The zero-order chi connectivity index (χ0) is 9.84. The van der Waals surface area contributed by atoms with Gasteiger partial charge in [-0.05, 0) is 12.3 Å². The van der Waals surface area contributed by atoms with E-state index >= 15 is 0 Å². The number of carbonyl (C=O) groups is 2. The number of rotatable bonds is 1. The van der Waals surface area contributed by atoms with Crippen molar-refractivity contribution in [3.8, 4) is 0 Å². The highest BCUT2D eigenvalue weighted by Crippen LogP contribution is 2.24. The van der Waals surface area contributed by atoms with Crippen molar-refractivity contribution in [2.75, 3.05) is 7.11 Å². The normalized spacial score (nSPS) is 29.5. The molecule has 2 unspecified atom stereocenters. The highest BCUT2D eigenvalue weighted by molar-refractivity contribution is 5.99. The number of hydrogen-bond donors (Lipinski definition) is 0. The van der Waals surface area contributed by atoms with Crippen LogP contribution in [0.1, 0.15) is 32.6 Å². The van der Waals surface area contributed by atoms with E-state index in [1.54, 1.807) is 0 Å². The first-order valence-corrected chi connectivity index (χ1v) is 4.75. The molecule has 0 spiro atoms. The molecule has 3 heteroatoms. The Labute approximate surface area is 78.5 Å². The molecule has 0 aromatic heterocycles. The van der Waals surface area contributed by atoms with Crippen molar-refractivity contribution in [3.63, 3.8) is 0 Å². The Balaban J connectivity index is 2.63. The first kappa shape index (κ1) is 10.2. The van der Waals surface area contributed by atoms with Crippen LogP contribution in [0.15, 0.2) is 0 Å². The Kier molecular flexibility index (Phi) is 3.46. The van der Waals surface area contributed by atoms with Gasteiger partial charge in [0.15, 0.2) is 0 Å². The van der Waals surface area contributed by atoms with E-state index in [2.05, 4.69) is 11.7 Å². The van der Waals surface area contributed by atoms with Gasteiger partial charge in [0.25, 0.3) is 0 Å². The molecule has 2 atom stereocenters. The van der Waals surface area contributed by atoms with Gasteiger partial charge in [-0.2, -0.15) is 0 Å². The molecule has 0 aromatic carbocycles. The van der Waals surface area contributed by atoms with E-state index < -0.39 is 5.92 Å². The molecule has 0 aromatic rings. The van der Waals surface area contributed by atoms with Crippen LogP contribution in [0.5, 0.6) is 0 Å². The van der Waals surface area contributed by atoms with Crippen LogP contribution in [0.2, 0.25) is 0 Å². The number of ketones is 1. The largest absolute Gasteiger partial charge is 0.468 e. The Morgan fingerprint density at radius 2 is 2.15 bits per heavy atom. The van der Waals surface area contributed by atoms with Crippen LogP contribution in [0.25, 0.3) is 0 Å². The van der Waals surface area contributed by atoms with Crippen molar-refractivity contribution >= 4 is 11.8 Å². The average Bonchev–Trinajstić information content (AvgIpc) is 2.25. The van der Waals surface area contributed by atoms with E-state index in [0.717, 1.165) is 12.8 Å². The molecule has 1 aliphatic rings.